The highest BCUT2D eigenvalue weighted by Gasteiger charge is 2.40. The van der Waals surface area contributed by atoms with Crippen molar-refractivity contribution in [3.05, 3.63) is 52.9 Å². The first-order valence-electron chi connectivity index (χ1n) is 9.57. The van der Waals surface area contributed by atoms with Gasteiger partial charge in [-0.2, -0.15) is 4.31 Å². The molecule has 3 aromatic rings. The van der Waals surface area contributed by atoms with Crippen molar-refractivity contribution in [3.8, 4) is 15.6 Å². The molecule has 0 bridgehead atoms. The smallest absolute Gasteiger partial charge is 0.244 e. The van der Waals surface area contributed by atoms with Gasteiger partial charge in [0.15, 0.2) is 0 Å². The Balaban J connectivity index is 1.42. The number of thiazole rings is 1. The molecule has 1 atom stereocenters. The zero-order chi connectivity index (χ0) is 21.8. The summed E-state index contributed by atoms with van der Waals surface area (Å²) in [5.74, 6) is 0.953. The summed E-state index contributed by atoms with van der Waals surface area (Å²) in [6.45, 7) is 2.63. The van der Waals surface area contributed by atoms with Gasteiger partial charge in [0.05, 0.1) is 34.5 Å². The number of nitrogens with one attached hydrogen (secondary N) is 1. The minimum Gasteiger partial charge on any atom is -0.494 e. The molecule has 0 aliphatic carbocycles. The first-order valence-corrected chi connectivity index (χ1v) is 13.9. The number of ether oxygens (including phenoxy) is 1. The third-order valence-electron chi connectivity index (χ3n) is 4.61. The fraction of sp³-hybridized carbons (Fsp3) is 0.300. The van der Waals surface area contributed by atoms with Crippen molar-refractivity contribution in [3.63, 3.8) is 0 Å². The number of benzene rings is 1. The molecular weight excluding hydrogens is 475 g/mol. The Labute approximate surface area is 193 Å². The number of carbonyl (C=O) groups is 1. The van der Waals surface area contributed by atoms with Gasteiger partial charge in [-0.3, -0.25) is 4.79 Å². The largest absolute Gasteiger partial charge is 0.494 e. The molecule has 11 heteroatoms. The van der Waals surface area contributed by atoms with Crippen molar-refractivity contribution in [1.29, 1.82) is 0 Å². The Bertz CT molecular complexity index is 1130. The van der Waals surface area contributed by atoms with E-state index in [1.54, 1.807) is 23.5 Å². The first kappa shape index (κ1) is 22.3. The van der Waals surface area contributed by atoms with E-state index in [4.69, 9.17) is 4.74 Å². The molecule has 164 valence electrons. The molecule has 1 fully saturated rings. The van der Waals surface area contributed by atoms with Gasteiger partial charge in [-0.05, 0) is 42.6 Å². The van der Waals surface area contributed by atoms with Gasteiger partial charge in [0.1, 0.15) is 16.8 Å². The number of carbonyl (C=O) groups excluding carboxylic acids is 1. The molecule has 1 N–H and O–H groups in total. The van der Waals surface area contributed by atoms with E-state index in [1.807, 2.05) is 29.8 Å². The van der Waals surface area contributed by atoms with Crippen LogP contribution in [-0.4, -0.2) is 47.9 Å². The number of nitrogens with zero attached hydrogens (tertiary/aromatic N) is 2. The van der Waals surface area contributed by atoms with E-state index in [2.05, 4.69) is 10.3 Å². The molecule has 4 rings (SSSR count). The normalized spacial score (nSPS) is 17.0. The molecule has 1 aliphatic heterocycles. The molecule has 0 saturated carbocycles. The Morgan fingerprint density at radius 1 is 1.26 bits per heavy atom. The number of hydrogen-bond donors (Lipinski definition) is 1. The molecule has 1 saturated heterocycles. The predicted octanol–water partition coefficient (Wildman–Crippen LogP) is 3.65. The summed E-state index contributed by atoms with van der Waals surface area (Å²) in [6.07, 6.45) is 0. The molecule has 7 nitrogen and oxygen atoms in total. The maximum atomic E-state index is 13.1. The van der Waals surface area contributed by atoms with Crippen LogP contribution in [0.3, 0.4) is 0 Å². The van der Waals surface area contributed by atoms with Gasteiger partial charge in [0, 0.05) is 11.1 Å². The quantitative estimate of drug-likeness (QED) is 0.513. The highest BCUT2D eigenvalue weighted by molar-refractivity contribution is 8.00. The highest BCUT2D eigenvalue weighted by atomic mass is 32.2. The minimum atomic E-state index is -3.79. The lowest BCUT2D eigenvalue weighted by atomic mass is 10.3. The van der Waals surface area contributed by atoms with E-state index in [0.717, 1.165) is 15.6 Å². The predicted molar refractivity (Wildman–Crippen MR) is 125 cm³/mol. The van der Waals surface area contributed by atoms with Gasteiger partial charge in [0.25, 0.3) is 0 Å². The molecular formula is C20H21N3O4S4. The fourth-order valence-corrected chi connectivity index (χ4v) is 7.86. The standard InChI is InChI=1S/C20H21N3O4S4/c1-2-27-15-5-7-16(8-6-15)31(25,26)23-13-28-12-17(23)19(24)21-10-14-11-30-20(22-14)18-4-3-9-29-18/h3-9,11,17H,2,10,12-13H2,1H3,(H,21,24). The topological polar surface area (TPSA) is 88.6 Å². The second kappa shape index (κ2) is 9.70. The number of rotatable bonds is 8. The van der Waals surface area contributed by atoms with Gasteiger partial charge >= 0.3 is 0 Å². The van der Waals surface area contributed by atoms with Crippen LogP contribution in [0.15, 0.2) is 52.1 Å². The summed E-state index contributed by atoms with van der Waals surface area (Å²) < 4.78 is 32.9. The minimum absolute atomic E-state index is 0.149. The van der Waals surface area contributed by atoms with E-state index in [9.17, 15) is 13.2 Å². The molecule has 1 aromatic carbocycles. The number of sulfonamides is 1. The maximum absolute atomic E-state index is 13.1. The number of hydrogen-bond acceptors (Lipinski definition) is 8. The van der Waals surface area contributed by atoms with Crippen LogP contribution in [0.1, 0.15) is 12.6 Å². The lowest BCUT2D eigenvalue weighted by Gasteiger charge is -2.22. The molecule has 1 amide bonds. The van der Waals surface area contributed by atoms with Gasteiger partial charge in [-0.25, -0.2) is 13.4 Å². The van der Waals surface area contributed by atoms with E-state index >= 15 is 0 Å². The van der Waals surface area contributed by atoms with Crippen LogP contribution in [0, 0.1) is 0 Å². The Kier molecular flexibility index (Phi) is 6.97. The number of thioether (sulfide) groups is 1. The van der Waals surface area contributed by atoms with Crippen LogP contribution in [0.5, 0.6) is 5.75 Å². The summed E-state index contributed by atoms with van der Waals surface area (Å²) in [5, 5.41) is 7.67. The lowest BCUT2D eigenvalue weighted by Crippen LogP contribution is -2.46. The molecule has 1 aliphatic rings. The second-order valence-electron chi connectivity index (χ2n) is 6.65. The molecule has 0 spiro atoms. The molecule has 2 aromatic heterocycles. The summed E-state index contributed by atoms with van der Waals surface area (Å²) in [7, 11) is -3.79. The van der Waals surface area contributed by atoms with Crippen LogP contribution in [0.4, 0.5) is 0 Å². The summed E-state index contributed by atoms with van der Waals surface area (Å²) in [4.78, 5) is 18.6. The Morgan fingerprint density at radius 2 is 2.06 bits per heavy atom. The summed E-state index contributed by atoms with van der Waals surface area (Å²) in [6, 6.07) is 9.51. The SMILES string of the molecule is CCOc1ccc(S(=O)(=O)N2CSCC2C(=O)NCc2csc(-c3cccs3)n2)cc1. The Morgan fingerprint density at radius 3 is 2.77 bits per heavy atom. The van der Waals surface area contributed by atoms with E-state index < -0.39 is 16.1 Å². The van der Waals surface area contributed by atoms with E-state index in [-0.39, 0.29) is 23.2 Å². The van der Waals surface area contributed by atoms with Crippen LogP contribution in [-0.2, 0) is 21.4 Å². The molecule has 1 unspecified atom stereocenters. The van der Waals surface area contributed by atoms with Gasteiger partial charge in [-0.15, -0.1) is 34.4 Å². The van der Waals surface area contributed by atoms with Crippen LogP contribution < -0.4 is 10.1 Å². The third kappa shape index (κ3) is 4.96. The van der Waals surface area contributed by atoms with Crippen molar-refractivity contribution < 1.29 is 17.9 Å². The van der Waals surface area contributed by atoms with Gasteiger partial charge in [0.2, 0.25) is 15.9 Å². The number of aromatic nitrogens is 1. The van der Waals surface area contributed by atoms with Crippen LogP contribution >= 0.6 is 34.4 Å². The highest BCUT2D eigenvalue weighted by Crippen LogP contribution is 2.30. The zero-order valence-electron chi connectivity index (χ0n) is 16.7. The first-order chi connectivity index (χ1) is 15.0. The molecule has 3 heterocycles. The number of amides is 1. The van der Waals surface area contributed by atoms with Crippen molar-refractivity contribution in [1.82, 2.24) is 14.6 Å². The maximum Gasteiger partial charge on any atom is 0.244 e. The third-order valence-corrected chi connectivity index (χ3v) is 9.59. The molecule has 0 radical (unpaired) electrons. The monoisotopic (exact) mass is 495 g/mol. The van der Waals surface area contributed by atoms with Crippen LogP contribution in [0.2, 0.25) is 0 Å². The summed E-state index contributed by atoms with van der Waals surface area (Å²) in [5.41, 5.74) is 0.758. The summed E-state index contributed by atoms with van der Waals surface area (Å²) >= 11 is 4.56. The van der Waals surface area contributed by atoms with Crippen LogP contribution in [0.25, 0.3) is 9.88 Å². The lowest BCUT2D eigenvalue weighted by molar-refractivity contribution is -0.124. The van der Waals surface area contributed by atoms with Crippen molar-refractivity contribution in [2.24, 2.45) is 0 Å². The van der Waals surface area contributed by atoms with Crippen molar-refractivity contribution >= 4 is 50.4 Å². The van der Waals surface area contributed by atoms with Gasteiger partial charge < -0.3 is 10.1 Å². The van der Waals surface area contributed by atoms with Crippen molar-refractivity contribution in [2.75, 3.05) is 18.2 Å². The van der Waals surface area contributed by atoms with Crippen molar-refractivity contribution in [2.45, 2.75) is 24.4 Å². The Hall–Kier alpha value is -1.92. The fourth-order valence-electron chi connectivity index (χ4n) is 3.08. The second-order valence-corrected chi connectivity index (χ2v) is 11.3. The molecule has 31 heavy (non-hydrogen) atoms. The average molecular weight is 496 g/mol. The van der Waals surface area contributed by atoms with Gasteiger partial charge in [-0.1, -0.05) is 6.07 Å². The van der Waals surface area contributed by atoms with E-state index in [0.29, 0.717) is 18.1 Å². The average Bonchev–Trinajstić information content (AvgIpc) is 3.54. The zero-order valence-corrected chi connectivity index (χ0v) is 20.0. The van der Waals surface area contributed by atoms with E-state index in [1.165, 1.54) is 39.5 Å². The number of thiophene rings is 1.